The summed E-state index contributed by atoms with van der Waals surface area (Å²) < 4.78 is 0. The standard InChI is InChI=1S/C12H19N3O2/c1-8-5-10(6-9(2)11(8)16)7-14-3-4-15-12(13)17/h5-6,14,16H,3-4,7H2,1-2H3,(H3,13,15,17). The van der Waals surface area contributed by atoms with Crippen molar-refractivity contribution < 1.29 is 9.90 Å². The summed E-state index contributed by atoms with van der Waals surface area (Å²) >= 11 is 0. The van der Waals surface area contributed by atoms with Crippen molar-refractivity contribution >= 4 is 6.03 Å². The Balaban J connectivity index is 2.39. The third kappa shape index (κ3) is 4.32. The molecule has 0 bridgehead atoms. The summed E-state index contributed by atoms with van der Waals surface area (Å²) in [6.45, 7) is 5.61. The number of nitrogens with two attached hydrogens (primary N) is 1. The van der Waals surface area contributed by atoms with Gasteiger partial charge < -0.3 is 21.5 Å². The van der Waals surface area contributed by atoms with Crippen LogP contribution in [-0.2, 0) is 6.54 Å². The fraction of sp³-hybridized carbons (Fsp3) is 0.417. The van der Waals surface area contributed by atoms with Crippen molar-refractivity contribution in [2.75, 3.05) is 13.1 Å². The molecule has 17 heavy (non-hydrogen) atoms. The normalized spacial score (nSPS) is 10.2. The van der Waals surface area contributed by atoms with Gasteiger partial charge in [0.15, 0.2) is 0 Å². The second kappa shape index (κ2) is 6.10. The minimum absolute atomic E-state index is 0.351. The van der Waals surface area contributed by atoms with Gasteiger partial charge in [-0.25, -0.2) is 4.79 Å². The molecule has 2 amide bonds. The maximum atomic E-state index is 10.4. The van der Waals surface area contributed by atoms with Crippen molar-refractivity contribution in [2.45, 2.75) is 20.4 Å². The van der Waals surface area contributed by atoms with Gasteiger partial charge in [0.2, 0.25) is 0 Å². The van der Waals surface area contributed by atoms with E-state index in [1.807, 2.05) is 26.0 Å². The van der Waals surface area contributed by atoms with Crippen LogP contribution in [0.15, 0.2) is 12.1 Å². The molecule has 0 aromatic heterocycles. The smallest absolute Gasteiger partial charge is 0.312 e. The van der Waals surface area contributed by atoms with Crippen LogP contribution in [0.2, 0.25) is 0 Å². The zero-order chi connectivity index (χ0) is 12.8. The van der Waals surface area contributed by atoms with Crippen molar-refractivity contribution in [1.29, 1.82) is 0 Å². The number of benzene rings is 1. The Hall–Kier alpha value is -1.75. The lowest BCUT2D eigenvalue weighted by Crippen LogP contribution is -2.35. The molecular formula is C12H19N3O2. The maximum absolute atomic E-state index is 10.4. The monoisotopic (exact) mass is 237 g/mol. The van der Waals surface area contributed by atoms with Gasteiger partial charge in [0.25, 0.3) is 0 Å². The largest absolute Gasteiger partial charge is 0.507 e. The molecule has 0 fully saturated rings. The van der Waals surface area contributed by atoms with Gasteiger partial charge in [0.05, 0.1) is 0 Å². The SMILES string of the molecule is Cc1cc(CNCCNC(N)=O)cc(C)c1O. The summed E-state index contributed by atoms with van der Waals surface area (Å²) in [7, 11) is 0. The van der Waals surface area contributed by atoms with Gasteiger partial charge >= 0.3 is 6.03 Å². The molecule has 5 N–H and O–H groups in total. The van der Waals surface area contributed by atoms with E-state index in [-0.39, 0.29) is 0 Å². The lowest BCUT2D eigenvalue weighted by molar-refractivity contribution is 0.249. The summed E-state index contributed by atoms with van der Waals surface area (Å²) in [4.78, 5) is 10.4. The quantitative estimate of drug-likeness (QED) is 0.570. The van der Waals surface area contributed by atoms with Gasteiger partial charge in [0.1, 0.15) is 5.75 Å². The van der Waals surface area contributed by atoms with Crippen molar-refractivity contribution in [3.8, 4) is 5.75 Å². The number of phenolic OH excluding ortho intramolecular Hbond substituents is 1. The van der Waals surface area contributed by atoms with Gasteiger partial charge in [0, 0.05) is 19.6 Å². The Morgan fingerprint density at radius 1 is 1.29 bits per heavy atom. The highest BCUT2D eigenvalue weighted by Crippen LogP contribution is 2.22. The zero-order valence-corrected chi connectivity index (χ0v) is 10.2. The average molecular weight is 237 g/mol. The van der Waals surface area contributed by atoms with Gasteiger partial charge in [-0.05, 0) is 30.5 Å². The second-order valence-corrected chi connectivity index (χ2v) is 4.05. The van der Waals surface area contributed by atoms with Crippen LogP contribution in [0, 0.1) is 13.8 Å². The van der Waals surface area contributed by atoms with Gasteiger partial charge in [-0.3, -0.25) is 0 Å². The number of rotatable bonds is 5. The number of aromatic hydroxyl groups is 1. The van der Waals surface area contributed by atoms with E-state index in [2.05, 4.69) is 10.6 Å². The Bertz CT molecular complexity index is 382. The molecule has 0 aliphatic carbocycles. The number of primary amides is 1. The predicted octanol–water partition coefficient (Wildman–Crippen LogP) is 0.767. The van der Waals surface area contributed by atoms with Crippen molar-refractivity contribution in [1.82, 2.24) is 10.6 Å². The van der Waals surface area contributed by atoms with E-state index < -0.39 is 6.03 Å². The van der Waals surface area contributed by atoms with E-state index in [0.717, 1.165) is 16.7 Å². The van der Waals surface area contributed by atoms with Crippen LogP contribution in [0.25, 0.3) is 0 Å². The molecule has 1 rings (SSSR count). The summed E-state index contributed by atoms with van der Waals surface area (Å²) in [5, 5.41) is 15.3. The molecule has 1 aromatic rings. The first-order valence-corrected chi connectivity index (χ1v) is 5.54. The van der Waals surface area contributed by atoms with Crippen LogP contribution >= 0.6 is 0 Å². The molecule has 0 aliphatic heterocycles. The van der Waals surface area contributed by atoms with Gasteiger partial charge in [-0.2, -0.15) is 0 Å². The number of nitrogens with one attached hydrogen (secondary N) is 2. The van der Waals surface area contributed by atoms with E-state index in [1.54, 1.807) is 0 Å². The van der Waals surface area contributed by atoms with Crippen LogP contribution in [0.3, 0.4) is 0 Å². The highest BCUT2D eigenvalue weighted by atomic mass is 16.3. The summed E-state index contributed by atoms with van der Waals surface area (Å²) in [5.41, 5.74) is 7.79. The number of phenols is 1. The average Bonchev–Trinajstić information content (AvgIpc) is 2.25. The number of carbonyl (C=O) groups is 1. The summed E-state index contributed by atoms with van der Waals surface area (Å²) in [6.07, 6.45) is 0. The Morgan fingerprint density at radius 3 is 2.41 bits per heavy atom. The van der Waals surface area contributed by atoms with E-state index in [1.165, 1.54) is 0 Å². The molecule has 1 aromatic carbocycles. The zero-order valence-electron chi connectivity index (χ0n) is 10.2. The molecule has 0 radical (unpaired) electrons. The Kier molecular flexibility index (Phi) is 4.78. The molecule has 94 valence electrons. The molecule has 5 heteroatoms. The highest BCUT2D eigenvalue weighted by Gasteiger charge is 2.02. The fourth-order valence-corrected chi connectivity index (χ4v) is 1.65. The van der Waals surface area contributed by atoms with Gasteiger partial charge in [-0.15, -0.1) is 0 Å². The van der Waals surface area contributed by atoms with Crippen LogP contribution in [-0.4, -0.2) is 24.2 Å². The molecule has 0 saturated carbocycles. The number of hydrogen-bond donors (Lipinski definition) is 4. The number of hydrogen-bond acceptors (Lipinski definition) is 3. The van der Waals surface area contributed by atoms with Crippen LogP contribution in [0.5, 0.6) is 5.75 Å². The lowest BCUT2D eigenvalue weighted by atomic mass is 10.1. The number of amides is 2. The molecular weight excluding hydrogens is 218 g/mol. The highest BCUT2D eigenvalue weighted by molar-refractivity contribution is 5.71. The van der Waals surface area contributed by atoms with E-state index >= 15 is 0 Å². The summed E-state index contributed by atoms with van der Waals surface area (Å²) in [6, 6.07) is 3.37. The molecule has 0 heterocycles. The maximum Gasteiger partial charge on any atom is 0.312 e. The van der Waals surface area contributed by atoms with Gasteiger partial charge in [-0.1, -0.05) is 12.1 Å². The third-order valence-corrected chi connectivity index (χ3v) is 2.48. The topological polar surface area (TPSA) is 87.4 Å². The van der Waals surface area contributed by atoms with Crippen molar-refractivity contribution in [3.63, 3.8) is 0 Å². The van der Waals surface area contributed by atoms with Crippen molar-refractivity contribution in [2.24, 2.45) is 5.73 Å². The van der Waals surface area contributed by atoms with E-state index in [9.17, 15) is 9.90 Å². The van der Waals surface area contributed by atoms with Crippen molar-refractivity contribution in [3.05, 3.63) is 28.8 Å². The number of urea groups is 1. The summed E-state index contributed by atoms with van der Waals surface area (Å²) in [5.74, 6) is 0.351. The minimum Gasteiger partial charge on any atom is -0.507 e. The molecule has 0 atom stereocenters. The Morgan fingerprint density at radius 2 is 1.88 bits per heavy atom. The van der Waals surface area contributed by atoms with Crippen LogP contribution < -0.4 is 16.4 Å². The number of aryl methyl sites for hydroxylation is 2. The first kappa shape index (κ1) is 13.3. The van der Waals surface area contributed by atoms with E-state index in [4.69, 9.17) is 5.73 Å². The first-order valence-electron chi connectivity index (χ1n) is 5.54. The van der Waals surface area contributed by atoms with E-state index in [0.29, 0.717) is 25.4 Å². The molecule has 0 unspecified atom stereocenters. The van der Waals surface area contributed by atoms with Crippen LogP contribution in [0.1, 0.15) is 16.7 Å². The minimum atomic E-state index is -0.511. The fourth-order valence-electron chi connectivity index (χ4n) is 1.65. The second-order valence-electron chi connectivity index (χ2n) is 4.05. The molecule has 5 nitrogen and oxygen atoms in total. The third-order valence-electron chi connectivity index (χ3n) is 2.48. The van der Waals surface area contributed by atoms with Crippen LogP contribution in [0.4, 0.5) is 4.79 Å². The predicted molar refractivity (Wildman–Crippen MR) is 66.9 cm³/mol. The first-order chi connectivity index (χ1) is 8.00. The molecule has 0 spiro atoms. The number of carbonyl (C=O) groups excluding carboxylic acids is 1. The molecule has 0 aliphatic rings. The molecule has 0 saturated heterocycles. The Labute approximate surface area is 101 Å². The lowest BCUT2D eigenvalue weighted by Gasteiger charge is -2.09.